The van der Waals surface area contributed by atoms with Crippen LogP contribution < -0.4 is 10.0 Å². The molecule has 1 fully saturated rings. The maximum atomic E-state index is 12.9. The predicted octanol–water partition coefficient (Wildman–Crippen LogP) is 4.19. The summed E-state index contributed by atoms with van der Waals surface area (Å²) >= 11 is 5.80. The Bertz CT molecular complexity index is 1010. The van der Waals surface area contributed by atoms with E-state index < -0.39 is 26.7 Å². The number of carbonyl (C=O) groups excluding carboxylic acids is 1. The molecular formula is C18H16ClF3N2O3S. The number of nitrogens with one attached hydrogen (secondary N) is 2. The van der Waals surface area contributed by atoms with Gasteiger partial charge in [0.1, 0.15) is 4.90 Å². The number of hydrogen-bond acceptors (Lipinski definition) is 3. The fourth-order valence-electron chi connectivity index (χ4n) is 2.49. The van der Waals surface area contributed by atoms with Crippen molar-refractivity contribution in [2.24, 2.45) is 5.92 Å². The molecular weight excluding hydrogens is 417 g/mol. The first-order chi connectivity index (χ1) is 13.1. The van der Waals surface area contributed by atoms with E-state index in [0.717, 1.165) is 18.9 Å². The molecule has 3 rings (SSSR count). The van der Waals surface area contributed by atoms with Gasteiger partial charge in [-0.3, -0.25) is 4.79 Å². The lowest BCUT2D eigenvalue weighted by molar-refractivity contribution is -0.137. The minimum atomic E-state index is -4.69. The highest BCUT2D eigenvalue weighted by molar-refractivity contribution is 7.89. The lowest BCUT2D eigenvalue weighted by atomic mass is 10.2. The summed E-state index contributed by atoms with van der Waals surface area (Å²) in [5, 5.41) is 2.43. The molecule has 0 bridgehead atoms. The lowest BCUT2D eigenvalue weighted by Crippen LogP contribution is -2.24. The van der Waals surface area contributed by atoms with Crippen molar-refractivity contribution in [3.8, 4) is 0 Å². The van der Waals surface area contributed by atoms with E-state index >= 15 is 0 Å². The van der Waals surface area contributed by atoms with Crippen LogP contribution in [0.4, 0.5) is 18.9 Å². The topological polar surface area (TPSA) is 75.3 Å². The van der Waals surface area contributed by atoms with E-state index in [4.69, 9.17) is 11.6 Å². The summed E-state index contributed by atoms with van der Waals surface area (Å²) in [5.74, 6) is -0.0707. The van der Waals surface area contributed by atoms with Gasteiger partial charge in [0, 0.05) is 18.2 Å². The summed E-state index contributed by atoms with van der Waals surface area (Å²) in [4.78, 5) is 11.2. The zero-order valence-corrected chi connectivity index (χ0v) is 16.0. The molecule has 1 saturated carbocycles. The molecule has 0 spiro atoms. The van der Waals surface area contributed by atoms with E-state index in [1.807, 2.05) is 0 Å². The van der Waals surface area contributed by atoms with Gasteiger partial charge in [-0.05, 0) is 48.7 Å². The van der Waals surface area contributed by atoms with Gasteiger partial charge in [-0.2, -0.15) is 13.2 Å². The van der Waals surface area contributed by atoms with Crippen LogP contribution in [0.1, 0.15) is 24.0 Å². The van der Waals surface area contributed by atoms with Gasteiger partial charge in [-0.25, -0.2) is 13.1 Å². The highest BCUT2D eigenvalue weighted by Crippen LogP contribution is 2.33. The van der Waals surface area contributed by atoms with Gasteiger partial charge in [-0.1, -0.05) is 23.7 Å². The normalized spacial score (nSPS) is 14.7. The Balaban J connectivity index is 1.74. The SMILES string of the molecule is O=C(Nc1cccc(CNS(=O)(=O)c2cc(C(F)(F)F)ccc2Cl)c1)C1CC1. The number of alkyl halides is 3. The van der Waals surface area contributed by atoms with E-state index in [1.54, 1.807) is 24.3 Å². The fourth-order valence-corrected chi connectivity index (χ4v) is 4.03. The van der Waals surface area contributed by atoms with Gasteiger partial charge in [-0.15, -0.1) is 0 Å². The molecule has 2 aromatic rings. The summed E-state index contributed by atoms with van der Waals surface area (Å²) in [6.45, 7) is -0.179. The molecule has 10 heteroatoms. The third kappa shape index (κ3) is 5.03. The Labute approximate surface area is 164 Å². The third-order valence-electron chi connectivity index (χ3n) is 4.16. The minimum Gasteiger partial charge on any atom is -0.326 e. The zero-order valence-electron chi connectivity index (χ0n) is 14.4. The molecule has 150 valence electrons. The molecule has 1 aliphatic carbocycles. The molecule has 5 nitrogen and oxygen atoms in total. The van der Waals surface area contributed by atoms with Crippen molar-refractivity contribution in [3.63, 3.8) is 0 Å². The standard InChI is InChI=1S/C18H16ClF3N2O3S/c19-15-7-6-13(18(20,21)22)9-16(15)28(26,27)23-10-11-2-1-3-14(8-11)24-17(25)12-4-5-12/h1-3,6-9,12,23H,4-5,10H2,(H,24,25). The maximum Gasteiger partial charge on any atom is 0.416 e. The minimum absolute atomic E-state index is 0.0187. The summed E-state index contributed by atoms with van der Waals surface area (Å²) in [5.41, 5.74) is -0.0620. The quantitative estimate of drug-likeness (QED) is 0.718. The van der Waals surface area contributed by atoms with Crippen molar-refractivity contribution in [3.05, 3.63) is 58.6 Å². The number of benzene rings is 2. The van der Waals surface area contributed by atoms with Crippen LogP contribution >= 0.6 is 11.6 Å². The van der Waals surface area contributed by atoms with Crippen molar-refractivity contribution in [2.75, 3.05) is 5.32 Å². The van der Waals surface area contributed by atoms with Gasteiger partial charge in [0.25, 0.3) is 0 Å². The largest absolute Gasteiger partial charge is 0.416 e. The molecule has 2 aromatic carbocycles. The lowest BCUT2D eigenvalue weighted by Gasteiger charge is -2.12. The summed E-state index contributed by atoms with van der Waals surface area (Å²) in [6, 6.07) is 8.64. The van der Waals surface area contributed by atoms with Gasteiger partial charge < -0.3 is 5.32 Å². The Morgan fingerprint density at radius 3 is 2.50 bits per heavy atom. The van der Waals surface area contributed by atoms with Crippen LogP contribution in [-0.4, -0.2) is 14.3 Å². The van der Waals surface area contributed by atoms with Gasteiger partial charge in [0.2, 0.25) is 15.9 Å². The van der Waals surface area contributed by atoms with Gasteiger partial charge in [0.05, 0.1) is 10.6 Å². The highest BCUT2D eigenvalue weighted by atomic mass is 35.5. The van der Waals surface area contributed by atoms with Crippen molar-refractivity contribution < 1.29 is 26.4 Å². The second kappa shape index (κ2) is 7.73. The smallest absolute Gasteiger partial charge is 0.326 e. The Morgan fingerprint density at radius 1 is 1.14 bits per heavy atom. The second-order valence-electron chi connectivity index (χ2n) is 6.43. The predicted molar refractivity (Wildman–Crippen MR) is 98.3 cm³/mol. The maximum absolute atomic E-state index is 12.9. The van der Waals surface area contributed by atoms with E-state index in [9.17, 15) is 26.4 Å². The zero-order chi connectivity index (χ0) is 20.5. The highest BCUT2D eigenvalue weighted by Gasteiger charge is 2.33. The van der Waals surface area contributed by atoms with Crippen LogP contribution in [0.3, 0.4) is 0 Å². The average Bonchev–Trinajstić information content (AvgIpc) is 3.45. The van der Waals surface area contributed by atoms with Crippen LogP contribution in [-0.2, 0) is 27.5 Å². The molecule has 1 aliphatic rings. The first-order valence-corrected chi connectivity index (χ1v) is 10.2. The molecule has 0 aliphatic heterocycles. The molecule has 28 heavy (non-hydrogen) atoms. The molecule has 0 heterocycles. The number of hydrogen-bond donors (Lipinski definition) is 2. The van der Waals surface area contributed by atoms with E-state index in [0.29, 0.717) is 23.4 Å². The van der Waals surface area contributed by atoms with Gasteiger partial charge in [0.15, 0.2) is 0 Å². The van der Waals surface area contributed by atoms with E-state index in [2.05, 4.69) is 10.0 Å². The van der Waals surface area contributed by atoms with Crippen molar-refractivity contribution in [1.29, 1.82) is 0 Å². The van der Waals surface area contributed by atoms with Crippen molar-refractivity contribution in [1.82, 2.24) is 4.72 Å². The van der Waals surface area contributed by atoms with Gasteiger partial charge >= 0.3 is 6.18 Å². The Hall–Kier alpha value is -2.10. The number of carbonyl (C=O) groups is 1. The molecule has 1 amide bonds. The fraction of sp³-hybridized carbons (Fsp3) is 0.278. The number of anilines is 1. The molecule has 0 unspecified atom stereocenters. The number of amides is 1. The first-order valence-electron chi connectivity index (χ1n) is 8.32. The van der Waals surface area contributed by atoms with E-state index in [-0.39, 0.29) is 23.4 Å². The molecule has 0 aromatic heterocycles. The van der Waals surface area contributed by atoms with Crippen molar-refractivity contribution >= 4 is 33.2 Å². The first kappa shape index (κ1) is 20.6. The third-order valence-corrected chi connectivity index (χ3v) is 6.04. The van der Waals surface area contributed by atoms with Crippen LogP contribution in [0.15, 0.2) is 47.4 Å². The number of rotatable bonds is 6. The summed E-state index contributed by atoms with van der Waals surface area (Å²) < 4.78 is 65.7. The summed E-state index contributed by atoms with van der Waals surface area (Å²) in [6.07, 6.45) is -2.99. The average molecular weight is 433 g/mol. The summed E-state index contributed by atoms with van der Waals surface area (Å²) in [7, 11) is -4.28. The molecule has 0 saturated heterocycles. The van der Waals surface area contributed by atoms with Crippen LogP contribution in [0, 0.1) is 5.92 Å². The molecule has 0 atom stereocenters. The van der Waals surface area contributed by atoms with Crippen LogP contribution in [0.25, 0.3) is 0 Å². The van der Waals surface area contributed by atoms with Crippen molar-refractivity contribution in [2.45, 2.75) is 30.5 Å². The molecule has 2 N–H and O–H groups in total. The molecule has 0 radical (unpaired) electrons. The monoisotopic (exact) mass is 432 g/mol. The second-order valence-corrected chi connectivity index (χ2v) is 8.57. The van der Waals surface area contributed by atoms with Crippen LogP contribution in [0.5, 0.6) is 0 Å². The Morgan fingerprint density at radius 2 is 1.86 bits per heavy atom. The number of sulfonamides is 1. The van der Waals surface area contributed by atoms with Crippen LogP contribution in [0.2, 0.25) is 5.02 Å². The Kier molecular flexibility index (Phi) is 5.69. The van der Waals surface area contributed by atoms with E-state index in [1.165, 1.54) is 0 Å². The number of halogens is 4.